The third kappa shape index (κ3) is 6.34. The molecule has 0 bridgehead atoms. The first-order chi connectivity index (χ1) is 13.5. The van der Waals surface area contributed by atoms with Gasteiger partial charge in [0.25, 0.3) is 0 Å². The standard InChI is InChI=1S/C25H42N2O/c1-6-9-21(10-7-2)19-27-16-14-22(15-17-27)23-13-12-20(4)24(18-23)26(5)25(28)11-8-3/h12-13,18,21-22H,6-11,14-17,19H2,1-5H3. The molecular formula is C25H42N2O. The number of hydrogen-bond donors (Lipinski definition) is 0. The van der Waals surface area contributed by atoms with Gasteiger partial charge in [0.1, 0.15) is 0 Å². The topological polar surface area (TPSA) is 23.6 Å². The van der Waals surface area contributed by atoms with Gasteiger partial charge in [-0.1, -0.05) is 45.7 Å². The molecule has 0 radical (unpaired) electrons. The summed E-state index contributed by atoms with van der Waals surface area (Å²) in [5.41, 5.74) is 3.69. The molecule has 0 spiro atoms. The third-order valence-corrected chi connectivity index (χ3v) is 6.40. The van der Waals surface area contributed by atoms with Crippen molar-refractivity contribution in [2.75, 3.05) is 31.6 Å². The van der Waals surface area contributed by atoms with Gasteiger partial charge in [0.2, 0.25) is 5.91 Å². The van der Waals surface area contributed by atoms with E-state index in [1.807, 2.05) is 11.9 Å². The Morgan fingerprint density at radius 1 is 1.11 bits per heavy atom. The Balaban J connectivity index is 1.98. The van der Waals surface area contributed by atoms with Crippen LogP contribution in [0.3, 0.4) is 0 Å². The van der Waals surface area contributed by atoms with Crippen LogP contribution in [0.1, 0.15) is 89.2 Å². The van der Waals surface area contributed by atoms with Crippen molar-refractivity contribution >= 4 is 11.6 Å². The number of carbonyl (C=O) groups excluding carboxylic acids is 1. The Kier molecular flexibility index (Phi) is 9.50. The maximum atomic E-state index is 12.4. The van der Waals surface area contributed by atoms with Crippen LogP contribution in [0.25, 0.3) is 0 Å². The van der Waals surface area contributed by atoms with Crippen LogP contribution in [0.5, 0.6) is 0 Å². The Hall–Kier alpha value is -1.35. The fraction of sp³-hybridized carbons (Fsp3) is 0.720. The van der Waals surface area contributed by atoms with Gasteiger partial charge in [-0.25, -0.2) is 0 Å². The van der Waals surface area contributed by atoms with E-state index in [0.717, 1.165) is 18.0 Å². The second-order valence-corrected chi connectivity index (χ2v) is 8.77. The molecule has 0 N–H and O–H groups in total. The first-order valence-corrected chi connectivity index (χ1v) is 11.6. The number of amides is 1. The lowest BCUT2D eigenvalue weighted by Gasteiger charge is -2.35. The predicted octanol–water partition coefficient (Wildman–Crippen LogP) is 6.15. The predicted molar refractivity (Wildman–Crippen MR) is 121 cm³/mol. The second kappa shape index (κ2) is 11.6. The van der Waals surface area contributed by atoms with Gasteiger partial charge in [-0.2, -0.15) is 0 Å². The Bertz CT molecular complexity index is 599. The fourth-order valence-corrected chi connectivity index (χ4v) is 4.72. The summed E-state index contributed by atoms with van der Waals surface area (Å²) >= 11 is 0. The lowest BCUT2D eigenvalue weighted by molar-refractivity contribution is -0.118. The first kappa shape index (κ1) is 22.9. The number of nitrogens with zero attached hydrogens (tertiary/aromatic N) is 2. The number of aryl methyl sites for hydroxylation is 1. The monoisotopic (exact) mass is 386 g/mol. The summed E-state index contributed by atoms with van der Waals surface area (Å²) in [5.74, 6) is 1.72. The van der Waals surface area contributed by atoms with E-state index >= 15 is 0 Å². The number of rotatable bonds is 10. The van der Waals surface area contributed by atoms with E-state index in [4.69, 9.17) is 0 Å². The molecule has 0 aromatic heterocycles. The van der Waals surface area contributed by atoms with Crippen LogP contribution in [-0.2, 0) is 4.79 Å². The van der Waals surface area contributed by atoms with Crippen LogP contribution in [0.15, 0.2) is 18.2 Å². The summed E-state index contributed by atoms with van der Waals surface area (Å²) in [5, 5.41) is 0. The van der Waals surface area contributed by atoms with Crippen molar-refractivity contribution in [3.05, 3.63) is 29.3 Å². The molecule has 158 valence electrons. The van der Waals surface area contributed by atoms with Crippen molar-refractivity contribution in [3.63, 3.8) is 0 Å². The molecule has 0 aliphatic carbocycles. The van der Waals surface area contributed by atoms with Crippen LogP contribution >= 0.6 is 0 Å². The lowest BCUT2D eigenvalue weighted by Crippen LogP contribution is -2.36. The first-order valence-electron chi connectivity index (χ1n) is 11.6. The molecule has 1 amide bonds. The summed E-state index contributed by atoms with van der Waals surface area (Å²) in [6.07, 6.45) is 9.34. The van der Waals surface area contributed by atoms with E-state index in [1.54, 1.807) is 0 Å². The second-order valence-electron chi connectivity index (χ2n) is 8.77. The van der Waals surface area contributed by atoms with Crippen LogP contribution in [-0.4, -0.2) is 37.5 Å². The molecule has 1 heterocycles. The van der Waals surface area contributed by atoms with Crippen molar-refractivity contribution in [1.29, 1.82) is 0 Å². The van der Waals surface area contributed by atoms with E-state index in [2.05, 4.69) is 50.8 Å². The summed E-state index contributed by atoms with van der Waals surface area (Å²) in [4.78, 5) is 16.9. The molecule has 1 aliphatic rings. The molecule has 1 aromatic rings. The number of piperidine rings is 1. The Morgan fingerprint density at radius 2 is 1.75 bits per heavy atom. The highest BCUT2D eigenvalue weighted by molar-refractivity contribution is 5.93. The Labute approximate surface area is 173 Å². The van der Waals surface area contributed by atoms with Crippen LogP contribution in [0, 0.1) is 12.8 Å². The average Bonchev–Trinajstić information content (AvgIpc) is 2.69. The van der Waals surface area contributed by atoms with Crippen molar-refractivity contribution < 1.29 is 4.79 Å². The quantitative estimate of drug-likeness (QED) is 0.481. The maximum Gasteiger partial charge on any atom is 0.226 e. The molecule has 1 aliphatic heterocycles. The maximum absolute atomic E-state index is 12.4. The summed E-state index contributed by atoms with van der Waals surface area (Å²) in [7, 11) is 1.92. The highest BCUT2D eigenvalue weighted by atomic mass is 16.2. The molecular weight excluding hydrogens is 344 g/mol. The summed E-state index contributed by atoms with van der Waals surface area (Å²) in [6.45, 7) is 12.5. The van der Waals surface area contributed by atoms with Crippen molar-refractivity contribution in [2.45, 2.75) is 85.0 Å². The molecule has 1 fully saturated rings. The number of likely N-dealkylation sites (tertiary alicyclic amines) is 1. The van der Waals surface area contributed by atoms with Crippen LogP contribution < -0.4 is 4.90 Å². The Morgan fingerprint density at radius 3 is 2.32 bits per heavy atom. The zero-order valence-electron chi connectivity index (χ0n) is 19.0. The van der Waals surface area contributed by atoms with Gasteiger partial charge in [0, 0.05) is 25.7 Å². The van der Waals surface area contributed by atoms with Gasteiger partial charge in [0.15, 0.2) is 0 Å². The van der Waals surface area contributed by atoms with Crippen molar-refractivity contribution in [3.8, 4) is 0 Å². The average molecular weight is 387 g/mol. The molecule has 0 atom stereocenters. The van der Waals surface area contributed by atoms with Gasteiger partial charge >= 0.3 is 0 Å². The zero-order valence-corrected chi connectivity index (χ0v) is 19.0. The van der Waals surface area contributed by atoms with E-state index in [0.29, 0.717) is 12.3 Å². The minimum atomic E-state index is 0.218. The van der Waals surface area contributed by atoms with Crippen LogP contribution in [0.4, 0.5) is 5.69 Å². The van der Waals surface area contributed by atoms with Crippen molar-refractivity contribution in [1.82, 2.24) is 4.90 Å². The van der Waals surface area contributed by atoms with E-state index < -0.39 is 0 Å². The van der Waals surface area contributed by atoms with E-state index in [1.165, 1.54) is 69.3 Å². The number of benzene rings is 1. The third-order valence-electron chi connectivity index (χ3n) is 6.40. The summed E-state index contributed by atoms with van der Waals surface area (Å²) < 4.78 is 0. The minimum Gasteiger partial charge on any atom is -0.315 e. The molecule has 28 heavy (non-hydrogen) atoms. The van der Waals surface area contributed by atoms with Gasteiger partial charge in [-0.3, -0.25) is 4.79 Å². The van der Waals surface area contributed by atoms with Gasteiger partial charge < -0.3 is 9.80 Å². The largest absolute Gasteiger partial charge is 0.315 e. The minimum absolute atomic E-state index is 0.218. The van der Waals surface area contributed by atoms with Gasteiger partial charge in [-0.15, -0.1) is 0 Å². The van der Waals surface area contributed by atoms with Crippen molar-refractivity contribution in [2.24, 2.45) is 5.92 Å². The normalized spacial score (nSPS) is 15.9. The molecule has 1 aromatic carbocycles. The molecule has 0 saturated carbocycles. The lowest BCUT2D eigenvalue weighted by atomic mass is 9.87. The smallest absolute Gasteiger partial charge is 0.226 e. The molecule has 1 saturated heterocycles. The molecule has 0 unspecified atom stereocenters. The SMILES string of the molecule is CCCC(=O)N(C)c1cc(C2CCN(CC(CCC)CCC)CC2)ccc1C. The molecule has 3 heteroatoms. The molecule has 3 nitrogen and oxygen atoms in total. The fourth-order valence-electron chi connectivity index (χ4n) is 4.72. The highest BCUT2D eigenvalue weighted by Crippen LogP contribution is 2.32. The zero-order chi connectivity index (χ0) is 20.5. The summed E-state index contributed by atoms with van der Waals surface area (Å²) in [6, 6.07) is 6.76. The van der Waals surface area contributed by atoms with Gasteiger partial charge in [0.05, 0.1) is 0 Å². The van der Waals surface area contributed by atoms with E-state index in [9.17, 15) is 4.79 Å². The van der Waals surface area contributed by atoms with Gasteiger partial charge in [-0.05, 0) is 81.1 Å². The number of carbonyl (C=O) groups is 1. The number of anilines is 1. The number of hydrogen-bond acceptors (Lipinski definition) is 2. The van der Waals surface area contributed by atoms with E-state index in [-0.39, 0.29) is 5.91 Å². The van der Waals surface area contributed by atoms with Crippen LogP contribution in [0.2, 0.25) is 0 Å². The highest BCUT2D eigenvalue weighted by Gasteiger charge is 2.23. The molecule has 2 rings (SSSR count).